The quantitative estimate of drug-likeness (QED) is 0.602. The second-order valence-corrected chi connectivity index (χ2v) is 9.34. The average Bonchev–Trinajstić information content (AvgIpc) is 3.19. The van der Waals surface area contributed by atoms with Crippen molar-refractivity contribution in [2.45, 2.75) is 52.1 Å². The number of aromatic nitrogens is 2. The molecule has 0 bridgehead atoms. The van der Waals surface area contributed by atoms with Crippen molar-refractivity contribution < 1.29 is 19.1 Å². The number of amides is 2. The minimum absolute atomic E-state index is 0.179. The van der Waals surface area contributed by atoms with Crippen LogP contribution in [0.1, 0.15) is 56.9 Å². The molecule has 0 aromatic carbocycles. The molecule has 1 N–H and O–H groups in total. The molecule has 2 aliphatic rings. The van der Waals surface area contributed by atoms with Crippen LogP contribution in [0.3, 0.4) is 0 Å². The zero-order valence-electron chi connectivity index (χ0n) is 17.9. The molecule has 2 saturated heterocycles. The minimum atomic E-state index is -0.583. The fraction of sp³-hybridized carbons (Fsp3) is 0.545. The van der Waals surface area contributed by atoms with Crippen LogP contribution < -0.4 is 10.2 Å². The number of carbonyl (C=O) groups excluding carboxylic acids is 3. The van der Waals surface area contributed by atoms with Gasteiger partial charge in [-0.15, -0.1) is 0 Å². The lowest BCUT2D eigenvalue weighted by Gasteiger charge is -2.26. The maximum atomic E-state index is 12.7. The maximum Gasteiger partial charge on any atom is 0.355 e. The van der Waals surface area contributed by atoms with E-state index >= 15 is 0 Å². The van der Waals surface area contributed by atoms with Crippen molar-refractivity contribution in [3.63, 3.8) is 0 Å². The van der Waals surface area contributed by atoms with Crippen LogP contribution >= 0.6 is 0 Å². The molecule has 0 saturated carbocycles. The van der Waals surface area contributed by atoms with Crippen molar-refractivity contribution >= 4 is 34.5 Å². The Morgan fingerprint density at radius 3 is 2.77 bits per heavy atom. The molecule has 2 aromatic rings. The van der Waals surface area contributed by atoms with Gasteiger partial charge in [0.05, 0.1) is 10.9 Å². The predicted octanol–water partition coefficient (Wildman–Crippen LogP) is 2.55. The first-order chi connectivity index (χ1) is 14.1. The third kappa shape index (κ3) is 3.55. The van der Waals surface area contributed by atoms with E-state index in [1.54, 1.807) is 6.20 Å². The number of anilines is 1. The van der Waals surface area contributed by atoms with Gasteiger partial charge in [0, 0.05) is 38.1 Å². The van der Waals surface area contributed by atoms with E-state index in [-0.39, 0.29) is 17.8 Å². The normalized spacial score (nSPS) is 22.5. The molecule has 2 aromatic heterocycles. The fourth-order valence-electron chi connectivity index (χ4n) is 4.49. The molecule has 2 fully saturated rings. The van der Waals surface area contributed by atoms with Gasteiger partial charge in [-0.1, -0.05) is 0 Å². The Hall–Kier alpha value is -2.90. The third-order valence-corrected chi connectivity index (χ3v) is 6.00. The highest BCUT2D eigenvalue weighted by Crippen LogP contribution is 2.40. The summed E-state index contributed by atoms with van der Waals surface area (Å²) < 4.78 is 7.37. The Morgan fingerprint density at radius 1 is 1.27 bits per heavy atom. The van der Waals surface area contributed by atoms with E-state index in [0.29, 0.717) is 44.5 Å². The molecular weight excluding hydrogens is 384 g/mol. The SMILES string of the molecule is Cn1c(C(=O)OC(C)(C)C)cc2c(N3CCC4(CCCC(=O)NC4=O)C3)nccc21. The summed E-state index contributed by atoms with van der Waals surface area (Å²) in [6.45, 7) is 6.70. The van der Waals surface area contributed by atoms with Gasteiger partial charge in [-0.05, 0) is 52.2 Å². The third-order valence-electron chi connectivity index (χ3n) is 6.00. The van der Waals surface area contributed by atoms with Crippen molar-refractivity contribution in [3.8, 4) is 0 Å². The highest BCUT2D eigenvalue weighted by atomic mass is 16.6. The lowest BCUT2D eigenvalue weighted by Crippen LogP contribution is -2.43. The average molecular weight is 412 g/mol. The minimum Gasteiger partial charge on any atom is -0.455 e. The molecule has 1 atom stereocenters. The van der Waals surface area contributed by atoms with Crippen molar-refractivity contribution in [1.29, 1.82) is 0 Å². The van der Waals surface area contributed by atoms with Crippen LogP contribution in [0, 0.1) is 5.41 Å². The molecule has 0 aliphatic carbocycles. The number of pyridine rings is 1. The molecule has 2 amide bonds. The van der Waals surface area contributed by atoms with Crippen LogP contribution in [0.2, 0.25) is 0 Å². The fourth-order valence-corrected chi connectivity index (χ4v) is 4.49. The molecule has 1 spiro atoms. The number of esters is 1. The largest absolute Gasteiger partial charge is 0.455 e. The maximum absolute atomic E-state index is 12.7. The van der Waals surface area contributed by atoms with Crippen molar-refractivity contribution in [3.05, 3.63) is 24.0 Å². The summed E-state index contributed by atoms with van der Waals surface area (Å²) in [5, 5.41) is 3.39. The summed E-state index contributed by atoms with van der Waals surface area (Å²) in [5.41, 5.74) is 0.183. The van der Waals surface area contributed by atoms with Gasteiger partial charge in [-0.25, -0.2) is 9.78 Å². The molecule has 8 nitrogen and oxygen atoms in total. The smallest absolute Gasteiger partial charge is 0.355 e. The number of ether oxygens (including phenoxy) is 1. The van der Waals surface area contributed by atoms with Gasteiger partial charge in [-0.3, -0.25) is 14.9 Å². The Labute approximate surface area is 175 Å². The van der Waals surface area contributed by atoms with Gasteiger partial charge >= 0.3 is 5.97 Å². The lowest BCUT2D eigenvalue weighted by atomic mass is 9.82. The number of rotatable bonds is 2. The lowest BCUT2D eigenvalue weighted by molar-refractivity contribution is -0.134. The summed E-state index contributed by atoms with van der Waals surface area (Å²) >= 11 is 0. The number of hydrogen-bond donors (Lipinski definition) is 1. The Bertz CT molecular complexity index is 1040. The Balaban J connectivity index is 1.67. The summed E-state index contributed by atoms with van der Waals surface area (Å²) in [6, 6.07) is 3.68. The number of imide groups is 1. The van der Waals surface area contributed by atoms with Crippen LogP contribution in [-0.4, -0.2) is 46.0 Å². The van der Waals surface area contributed by atoms with E-state index < -0.39 is 11.0 Å². The van der Waals surface area contributed by atoms with Crippen LogP contribution in [-0.2, 0) is 21.4 Å². The summed E-state index contributed by atoms with van der Waals surface area (Å²) in [5.74, 6) is -0.00680. The first kappa shape index (κ1) is 20.4. The molecule has 0 radical (unpaired) electrons. The second kappa shape index (κ2) is 7.11. The number of aryl methyl sites for hydroxylation is 1. The van der Waals surface area contributed by atoms with E-state index in [1.807, 2.05) is 44.5 Å². The molecular formula is C22H28N4O4. The summed E-state index contributed by atoms with van der Waals surface area (Å²) in [4.78, 5) is 43.8. The van der Waals surface area contributed by atoms with E-state index in [1.165, 1.54) is 0 Å². The monoisotopic (exact) mass is 412 g/mol. The van der Waals surface area contributed by atoms with E-state index in [9.17, 15) is 14.4 Å². The van der Waals surface area contributed by atoms with E-state index in [4.69, 9.17) is 4.74 Å². The van der Waals surface area contributed by atoms with Crippen LogP contribution in [0.25, 0.3) is 10.9 Å². The number of nitrogens with zero attached hydrogens (tertiary/aromatic N) is 3. The van der Waals surface area contributed by atoms with Gasteiger partial charge in [0.1, 0.15) is 17.1 Å². The van der Waals surface area contributed by atoms with Gasteiger partial charge in [-0.2, -0.15) is 0 Å². The van der Waals surface area contributed by atoms with Gasteiger partial charge < -0.3 is 14.2 Å². The zero-order valence-corrected chi connectivity index (χ0v) is 17.9. The van der Waals surface area contributed by atoms with E-state index in [0.717, 1.165) is 16.7 Å². The van der Waals surface area contributed by atoms with Gasteiger partial charge in [0.15, 0.2) is 0 Å². The number of nitrogens with one attached hydrogen (secondary N) is 1. The zero-order chi connectivity index (χ0) is 21.7. The molecule has 4 heterocycles. The molecule has 8 heteroatoms. The highest BCUT2D eigenvalue weighted by Gasteiger charge is 2.46. The first-order valence-corrected chi connectivity index (χ1v) is 10.4. The number of carbonyl (C=O) groups is 3. The van der Waals surface area contributed by atoms with Crippen LogP contribution in [0.5, 0.6) is 0 Å². The summed E-state index contributed by atoms with van der Waals surface area (Å²) in [6.07, 6.45) is 4.18. The molecule has 1 unspecified atom stereocenters. The van der Waals surface area contributed by atoms with Gasteiger partial charge in [0.2, 0.25) is 11.8 Å². The highest BCUT2D eigenvalue weighted by molar-refractivity contribution is 6.01. The van der Waals surface area contributed by atoms with Gasteiger partial charge in [0.25, 0.3) is 0 Å². The molecule has 160 valence electrons. The van der Waals surface area contributed by atoms with E-state index in [2.05, 4.69) is 15.2 Å². The predicted molar refractivity (Wildman–Crippen MR) is 112 cm³/mol. The van der Waals surface area contributed by atoms with Crippen LogP contribution in [0.4, 0.5) is 5.82 Å². The summed E-state index contributed by atoms with van der Waals surface area (Å²) in [7, 11) is 1.83. The Morgan fingerprint density at radius 2 is 2.03 bits per heavy atom. The molecule has 4 rings (SSSR count). The second-order valence-electron chi connectivity index (χ2n) is 9.34. The van der Waals surface area contributed by atoms with Crippen molar-refractivity contribution in [2.75, 3.05) is 18.0 Å². The Kier molecular flexibility index (Phi) is 4.83. The topological polar surface area (TPSA) is 93.5 Å². The first-order valence-electron chi connectivity index (χ1n) is 10.4. The molecule has 30 heavy (non-hydrogen) atoms. The number of hydrogen-bond acceptors (Lipinski definition) is 6. The number of fused-ring (bicyclic) bond motifs is 1. The molecule has 2 aliphatic heterocycles. The van der Waals surface area contributed by atoms with Crippen molar-refractivity contribution in [1.82, 2.24) is 14.9 Å². The standard InChI is InChI=1S/C22H28N4O4/c1-21(2,3)30-19(28)16-12-14-15(25(16)4)7-10-23-18(14)26-11-9-22(13-26)8-5-6-17(27)24-20(22)29/h7,10,12H,5-6,8-9,11,13H2,1-4H3,(H,24,27,29). The van der Waals surface area contributed by atoms with Crippen LogP contribution in [0.15, 0.2) is 18.3 Å². The van der Waals surface area contributed by atoms with Crippen molar-refractivity contribution in [2.24, 2.45) is 12.5 Å².